The molecule has 0 aliphatic carbocycles. The first kappa shape index (κ1) is 20.9. The first-order chi connectivity index (χ1) is 13.8. The average Bonchev–Trinajstić information content (AvgIpc) is 3.07. The van der Waals surface area contributed by atoms with Crippen molar-refractivity contribution in [2.24, 2.45) is 0 Å². The summed E-state index contributed by atoms with van der Waals surface area (Å²) in [4.78, 5) is 13.4. The first-order valence-electron chi connectivity index (χ1n) is 9.44. The van der Waals surface area contributed by atoms with Crippen molar-refractivity contribution in [3.05, 3.63) is 59.4 Å². The number of nitrogens with zero attached hydrogens (tertiary/aromatic N) is 1. The lowest BCUT2D eigenvalue weighted by Crippen LogP contribution is -2.24. The lowest BCUT2D eigenvalue weighted by Gasteiger charge is -2.16. The molecule has 0 N–H and O–H groups in total. The number of aryl methyl sites for hydroxylation is 1. The van der Waals surface area contributed by atoms with E-state index in [4.69, 9.17) is 9.15 Å². The predicted octanol–water partition coefficient (Wildman–Crippen LogP) is 4.41. The van der Waals surface area contributed by atoms with Crippen molar-refractivity contribution in [2.75, 3.05) is 24.7 Å². The summed E-state index contributed by atoms with van der Waals surface area (Å²) >= 11 is 0. The predicted molar refractivity (Wildman–Crippen MR) is 114 cm³/mol. The highest BCUT2D eigenvalue weighted by molar-refractivity contribution is 7.92. The Morgan fingerprint density at radius 3 is 2.41 bits per heavy atom. The monoisotopic (exact) mass is 415 g/mol. The number of benzene rings is 2. The number of rotatable bonds is 8. The van der Waals surface area contributed by atoms with E-state index in [9.17, 15) is 13.2 Å². The number of furan rings is 1. The molecule has 3 rings (SSSR count). The normalized spacial score (nSPS) is 11.6. The molecular weight excluding hydrogens is 390 g/mol. The van der Waals surface area contributed by atoms with Gasteiger partial charge in [0.1, 0.15) is 17.1 Å². The zero-order valence-corrected chi connectivity index (χ0v) is 17.9. The van der Waals surface area contributed by atoms with Gasteiger partial charge in [-0.2, -0.15) is 0 Å². The van der Waals surface area contributed by atoms with Gasteiger partial charge in [-0.25, -0.2) is 8.42 Å². The van der Waals surface area contributed by atoms with Gasteiger partial charge in [0.05, 0.1) is 24.6 Å². The Labute approximate surface area is 171 Å². The van der Waals surface area contributed by atoms with Crippen molar-refractivity contribution >= 4 is 32.5 Å². The first-order valence-corrected chi connectivity index (χ1v) is 11.3. The van der Waals surface area contributed by atoms with Crippen LogP contribution in [0.25, 0.3) is 11.0 Å². The van der Waals surface area contributed by atoms with Crippen molar-refractivity contribution in [1.29, 1.82) is 0 Å². The van der Waals surface area contributed by atoms with E-state index in [1.54, 1.807) is 49.6 Å². The Morgan fingerprint density at radius 1 is 1.14 bits per heavy atom. The molecule has 0 aliphatic heterocycles. The molecule has 0 bridgehead atoms. The van der Waals surface area contributed by atoms with E-state index in [0.717, 1.165) is 19.1 Å². The molecule has 0 aliphatic rings. The van der Waals surface area contributed by atoms with Crippen molar-refractivity contribution in [2.45, 2.75) is 26.2 Å². The second kappa shape index (κ2) is 8.29. The van der Waals surface area contributed by atoms with E-state index in [0.29, 0.717) is 45.7 Å². The quantitative estimate of drug-likeness (QED) is 0.509. The molecule has 0 atom stereocenters. The molecular formula is C22H25NO5S. The number of unbranched alkanes of at least 4 members (excludes halogenated alkanes) is 1. The zero-order valence-electron chi connectivity index (χ0n) is 17.1. The number of carbonyl (C=O) groups is 1. The van der Waals surface area contributed by atoms with Crippen LogP contribution in [0.15, 0.2) is 46.9 Å². The molecule has 1 aromatic heterocycles. The maximum atomic E-state index is 13.4. The van der Waals surface area contributed by atoms with Crippen LogP contribution in [0.1, 0.15) is 41.4 Å². The summed E-state index contributed by atoms with van der Waals surface area (Å²) < 4.78 is 36.2. The molecule has 29 heavy (non-hydrogen) atoms. The second-order valence-corrected chi connectivity index (χ2v) is 8.99. The van der Waals surface area contributed by atoms with Crippen LogP contribution >= 0.6 is 0 Å². The largest absolute Gasteiger partial charge is 0.497 e. The van der Waals surface area contributed by atoms with Gasteiger partial charge < -0.3 is 9.15 Å². The number of carbonyl (C=O) groups excluding carboxylic acids is 1. The van der Waals surface area contributed by atoms with Gasteiger partial charge in [0.2, 0.25) is 10.0 Å². The van der Waals surface area contributed by atoms with Gasteiger partial charge in [-0.1, -0.05) is 13.3 Å². The molecule has 0 amide bonds. The third-order valence-electron chi connectivity index (χ3n) is 4.94. The number of anilines is 1. The number of methoxy groups -OCH3 is 1. The van der Waals surface area contributed by atoms with E-state index < -0.39 is 10.0 Å². The Hall–Kier alpha value is -2.80. The van der Waals surface area contributed by atoms with Gasteiger partial charge in [0.15, 0.2) is 5.78 Å². The van der Waals surface area contributed by atoms with E-state index in [2.05, 4.69) is 6.92 Å². The molecule has 7 heteroatoms. The van der Waals surface area contributed by atoms with Crippen molar-refractivity contribution in [1.82, 2.24) is 0 Å². The van der Waals surface area contributed by atoms with E-state index in [1.807, 2.05) is 0 Å². The maximum Gasteiger partial charge on any atom is 0.231 e. The van der Waals surface area contributed by atoms with Gasteiger partial charge >= 0.3 is 0 Å². The van der Waals surface area contributed by atoms with Crippen molar-refractivity contribution < 1.29 is 22.4 Å². The molecule has 0 radical (unpaired) electrons. The van der Waals surface area contributed by atoms with Crippen LogP contribution in [0.2, 0.25) is 0 Å². The van der Waals surface area contributed by atoms with Crippen LogP contribution in [-0.4, -0.2) is 34.6 Å². The van der Waals surface area contributed by atoms with Crippen LogP contribution < -0.4 is 9.04 Å². The topological polar surface area (TPSA) is 76.8 Å². The summed E-state index contributed by atoms with van der Waals surface area (Å²) in [5.41, 5.74) is 2.06. The second-order valence-electron chi connectivity index (χ2n) is 6.97. The van der Waals surface area contributed by atoms with Crippen molar-refractivity contribution in [3.8, 4) is 5.75 Å². The van der Waals surface area contributed by atoms with Gasteiger partial charge in [-0.05, 0) is 48.9 Å². The summed E-state index contributed by atoms with van der Waals surface area (Å²) in [6.45, 7) is 2.08. The smallest absolute Gasteiger partial charge is 0.231 e. The maximum absolute atomic E-state index is 13.4. The van der Waals surface area contributed by atoms with Gasteiger partial charge in [0.25, 0.3) is 0 Å². The van der Waals surface area contributed by atoms with E-state index in [1.165, 1.54) is 11.4 Å². The number of hydrogen-bond donors (Lipinski definition) is 0. The molecule has 0 unspecified atom stereocenters. The molecule has 0 saturated heterocycles. The van der Waals surface area contributed by atoms with Gasteiger partial charge in [-0.3, -0.25) is 9.10 Å². The number of hydrogen-bond acceptors (Lipinski definition) is 5. The van der Waals surface area contributed by atoms with Crippen LogP contribution in [0.5, 0.6) is 5.75 Å². The SMILES string of the molecule is CCCCc1oc2ccc(N(C)S(C)(=O)=O)cc2c1C(=O)c1ccc(OC)cc1. The highest BCUT2D eigenvalue weighted by Gasteiger charge is 2.23. The molecule has 2 aromatic carbocycles. The fourth-order valence-electron chi connectivity index (χ4n) is 3.17. The minimum absolute atomic E-state index is 0.156. The van der Waals surface area contributed by atoms with E-state index >= 15 is 0 Å². The standard InChI is InChI=1S/C22H25NO5S/c1-5-6-7-20-21(22(24)15-8-11-17(27-3)12-9-15)18-14-16(10-13-19(18)28-20)23(2)29(4,25)26/h8-14H,5-7H2,1-4H3. The summed E-state index contributed by atoms with van der Waals surface area (Å²) in [6.07, 6.45) is 3.64. The van der Waals surface area contributed by atoms with Crippen LogP contribution in [0.3, 0.4) is 0 Å². The highest BCUT2D eigenvalue weighted by atomic mass is 32.2. The Balaban J connectivity index is 2.15. The summed E-state index contributed by atoms with van der Waals surface area (Å²) in [7, 11) is -0.363. The summed E-state index contributed by atoms with van der Waals surface area (Å²) in [5, 5.41) is 0.616. The highest BCUT2D eigenvalue weighted by Crippen LogP contribution is 2.33. The Bertz CT molecular complexity index is 1130. The summed E-state index contributed by atoms with van der Waals surface area (Å²) in [5.74, 6) is 1.14. The molecule has 0 fully saturated rings. The molecule has 1 heterocycles. The molecule has 3 aromatic rings. The van der Waals surface area contributed by atoms with Crippen LogP contribution in [0, 0.1) is 0 Å². The number of ketones is 1. The summed E-state index contributed by atoms with van der Waals surface area (Å²) in [6, 6.07) is 12.0. The van der Waals surface area contributed by atoms with Gasteiger partial charge in [0, 0.05) is 24.4 Å². The molecule has 154 valence electrons. The minimum Gasteiger partial charge on any atom is -0.497 e. The number of ether oxygens (including phenoxy) is 1. The zero-order chi connectivity index (χ0) is 21.2. The lowest BCUT2D eigenvalue weighted by molar-refractivity contribution is 0.103. The fraction of sp³-hybridized carbons (Fsp3) is 0.318. The average molecular weight is 416 g/mol. The molecule has 0 spiro atoms. The van der Waals surface area contributed by atoms with E-state index in [-0.39, 0.29) is 5.78 Å². The fourth-order valence-corrected chi connectivity index (χ4v) is 3.67. The number of sulfonamides is 1. The minimum atomic E-state index is -3.42. The van der Waals surface area contributed by atoms with Crippen LogP contribution in [0.4, 0.5) is 5.69 Å². The lowest BCUT2D eigenvalue weighted by atomic mass is 9.98. The van der Waals surface area contributed by atoms with Gasteiger partial charge in [-0.15, -0.1) is 0 Å². The van der Waals surface area contributed by atoms with Crippen LogP contribution in [-0.2, 0) is 16.4 Å². The third kappa shape index (κ3) is 4.29. The molecule has 6 nitrogen and oxygen atoms in total. The van der Waals surface area contributed by atoms with Crippen molar-refractivity contribution in [3.63, 3.8) is 0 Å². The Morgan fingerprint density at radius 2 is 1.83 bits per heavy atom. The number of fused-ring (bicyclic) bond motifs is 1. The Kier molecular flexibility index (Phi) is 5.98. The molecule has 0 saturated carbocycles. The third-order valence-corrected chi connectivity index (χ3v) is 6.15.